The molecule has 158 valence electrons. The number of amides is 1. The summed E-state index contributed by atoms with van der Waals surface area (Å²) in [6, 6.07) is 11.5. The van der Waals surface area contributed by atoms with Crippen LogP contribution in [-0.2, 0) is 0 Å². The van der Waals surface area contributed by atoms with Crippen molar-refractivity contribution in [3.63, 3.8) is 0 Å². The van der Waals surface area contributed by atoms with E-state index in [0.717, 1.165) is 23.3 Å². The first kappa shape index (κ1) is 21.7. The molecule has 2 aromatic carbocycles. The molecular formula is C21H24N4O4S. The fourth-order valence-corrected chi connectivity index (χ4v) is 4.18. The molecule has 0 aliphatic carbocycles. The number of methoxy groups -OCH3 is 1. The van der Waals surface area contributed by atoms with Crippen molar-refractivity contribution in [2.45, 2.75) is 13.8 Å². The predicted molar refractivity (Wildman–Crippen MR) is 119 cm³/mol. The van der Waals surface area contributed by atoms with Gasteiger partial charge in [-0.2, -0.15) is 0 Å². The molecule has 3 rings (SSSR count). The fourth-order valence-electron chi connectivity index (χ4n) is 3.16. The largest absolute Gasteiger partial charge is 0.497 e. The lowest BCUT2D eigenvalue weighted by Crippen LogP contribution is -2.39. The second-order valence-electron chi connectivity index (χ2n) is 6.59. The number of carbonyl (C=O) groups excluding carboxylic acids is 1. The number of ether oxygens (including phenoxy) is 1. The van der Waals surface area contributed by atoms with Gasteiger partial charge in [0.25, 0.3) is 11.6 Å². The van der Waals surface area contributed by atoms with Gasteiger partial charge in [0.2, 0.25) is 0 Å². The lowest BCUT2D eigenvalue weighted by Gasteiger charge is -2.24. The fraction of sp³-hybridized carbons (Fsp3) is 0.333. The van der Waals surface area contributed by atoms with E-state index in [1.54, 1.807) is 19.2 Å². The molecule has 0 aliphatic rings. The first-order valence-corrected chi connectivity index (χ1v) is 10.5. The quantitative estimate of drug-likeness (QED) is 0.375. The molecule has 0 unspecified atom stereocenters. The Bertz CT molecular complexity index is 1050. The first-order valence-electron chi connectivity index (χ1n) is 9.70. The van der Waals surface area contributed by atoms with Crippen LogP contribution >= 0.6 is 11.3 Å². The minimum Gasteiger partial charge on any atom is -0.497 e. The van der Waals surface area contributed by atoms with E-state index in [9.17, 15) is 14.9 Å². The molecule has 1 heterocycles. The van der Waals surface area contributed by atoms with Gasteiger partial charge in [-0.1, -0.05) is 37.3 Å². The minimum absolute atomic E-state index is 0.0545. The lowest BCUT2D eigenvalue weighted by molar-refractivity contribution is -0.385. The van der Waals surface area contributed by atoms with Crippen molar-refractivity contribution in [2.24, 2.45) is 0 Å². The number of likely N-dealkylation sites (N-methyl/N-ethyl adjacent to an activating group) is 1. The van der Waals surface area contributed by atoms with Crippen molar-refractivity contribution in [1.82, 2.24) is 9.88 Å². The van der Waals surface area contributed by atoms with Gasteiger partial charge in [0.1, 0.15) is 11.3 Å². The zero-order valence-corrected chi connectivity index (χ0v) is 18.0. The Balaban J connectivity index is 2.02. The van der Waals surface area contributed by atoms with Crippen LogP contribution in [0.25, 0.3) is 10.2 Å². The molecule has 0 saturated heterocycles. The normalized spacial score (nSPS) is 11.1. The number of thiazole rings is 1. The van der Waals surface area contributed by atoms with Crippen LogP contribution in [0.4, 0.5) is 10.8 Å². The summed E-state index contributed by atoms with van der Waals surface area (Å²) in [7, 11) is 1.59. The minimum atomic E-state index is -0.529. The molecule has 0 spiro atoms. The highest BCUT2D eigenvalue weighted by Crippen LogP contribution is 2.33. The number of nitro benzene ring substituents is 1. The van der Waals surface area contributed by atoms with E-state index >= 15 is 0 Å². The molecule has 0 radical (unpaired) electrons. The van der Waals surface area contributed by atoms with Gasteiger partial charge in [-0.05, 0) is 37.4 Å². The van der Waals surface area contributed by atoms with Crippen molar-refractivity contribution in [1.29, 1.82) is 0 Å². The molecule has 0 saturated carbocycles. The van der Waals surface area contributed by atoms with E-state index in [0.29, 0.717) is 24.0 Å². The van der Waals surface area contributed by atoms with E-state index < -0.39 is 10.8 Å². The van der Waals surface area contributed by atoms with Crippen LogP contribution in [0.1, 0.15) is 24.2 Å². The Kier molecular flexibility index (Phi) is 6.96. The average Bonchev–Trinajstić information content (AvgIpc) is 3.19. The zero-order chi connectivity index (χ0) is 21.7. The van der Waals surface area contributed by atoms with Gasteiger partial charge in [0.05, 0.1) is 22.2 Å². The molecule has 8 nitrogen and oxygen atoms in total. The van der Waals surface area contributed by atoms with E-state index in [4.69, 9.17) is 4.74 Å². The number of para-hydroxylation sites is 1. The SMILES string of the molecule is CCN(CC)CCN(C(=O)c1ccccc1[N+](=O)[O-])c1nc2ccc(OC)cc2s1. The highest BCUT2D eigenvalue weighted by Gasteiger charge is 2.27. The summed E-state index contributed by atoms with van der Waals surface area (Å²) in [5.41, 5.74) is 0.594. The molecule has 9 heteroatoms. The molecule has 0 N–H and O–H groups in total. The smallest absolute Gasteiger partial charge is 0.282 e. The van der Waals surface area contributed by atoms with Gasteiger partial charge in [-0.15, -0.1) is 0 Å². The number of hydrogen-bond donors (Lipinski definition) is 0. The third-order valence-corrected chi connectivity index (χ3v) is 5.97. The average molecular weight is 429 g/mol. The van der Waals surface area contributed by atoms with E-state index in [2.05, 4.69) is 23.7 Å². The summed E-state index contributed by atoms with van der Waals surface area (Å²) in [4.78, 5) is 32.7. The summed E-state index contributed by atoms with van der Waals surface area (Å²) in [5, 5.41) is 12.0. The van der Waals surface area contributed by atoms with Crippen LogP contribution in [0.15, 0.2) is 42.5 Å². The third kappa shape index (κ3) is 4.58. The monoisotopic (exact) mass is 428 g/mol. The van der Waals surface area contributed by atoms with Crippen LogP contribution in [-0.4, -0.2) is 54.0 Å². The summed E-state index contributed by atoms with van der Waals surface area (Å²) >= 11 is 1.36. The van der Waals surface area contributed by atoms with Crippen LogP contribution < -0.4 is 9.64 Å². The summed E-state index contributed by atoms with van der Waals surface area (Å²) in [6.45, 7) is 6.83. The van der Waals surface area contributed by atoms with Gasteiger partial charge < -0.3 is 9.64 Å². The number of hydrogen-bond acceptors (Lipinski definition) is 7. The van der Waals surface area contributed by atoms with Crippen LogP contribution in [0.2, 0.25) is 0 Å². The summed E-state index contributed by atoms with van der Waals surface area (Å²) < 4.78 is 6.16. The standard InChI is InChI=1S/C21H24N4O4S/c1-4-23(5-2)12-13-24(20(26)16-8-6-7-9-18(16)25(27)28)21-22-17-11-10-15(29-3)14-19(17)30-21/h6-11,14H,4-5,12-13H2,1-3H3. The first-order chi connectivity index (χ1) is 14.5. The number of anilines is 1. The molecule has 1 aromatic heterocycles. The van der Waals surface area contributed by atoms with Crippen molar-refractivity contribution in [3.05, 3.63) is 58.1 Å². The Labute approximate surface area is 178 Å². The number of nitrogens with zero attached hydrogens (tertiary/aromatic N) is 4. The number of carbonyl (C=O) groups is 1. The number of benzene rings is 2. The van der Waals surface area contributed by atoms with Crippen LogP contribution in [0, 0.1) is 10.1 Å². The van der Waals surface area contributed by atoms with Crippen molar-refractivity contribution in [2.75, 3.05) is 38.2 Å². The molecular weight excluding hydrogens is 404 g/mol. The molecule has 3 aromatic rings. The van der Waals surface area contributed by atoms with E-state index in [1.165, 1.54) is 28.4 Å². The molecule has 0 fully saturated rings. The van der Waals surface area contributed by atoms with E-state index in [1.807, 2.05) is 18.2 Å². The third-order valence-electron chi connectivity index (χ3n) is 4.93. The van der Waals surface area contributed by atoms with Crippen LogP contribution in [0.3, 0.4) is 0 Å². The molecule has 0 atom stereocenters. The number of aromatic nitrogens is 1. The topological polar surface area (TPSA) is 88.8 Å². The maximum absolute atomic E-state index is 13.4. The Hall–Kier alpha value is -3.04. The molecule has 0 bridgehead atoms. The van der Waals surface area contributed by atoms with Gasteiger partial charge in [0, 0.05) is 19.2 Å². The maximum Gasteiger partial charge on any atom is 0.282 e. The van der Waals surface area contributed by atoms with Gasteiger partial charge in [0.15, 0.2) is 5.13 Å². The van der Waals surface area contributed by atoms with Crippen molar-refractivity contribution < 1.29 is 14.5 Å². The number of nitro groups is 1. The number of rotatable bonds is 9. The van der Waals surface area contributed by atoms with Crippen molar-refractivity contribution >= 4 is 38.3 Å². The van der Waals surface area contributed by atoms with Crippen LogP contribution in [0.5, 0.6) is 5.75 Å². The van der Waals surface area contributed by atoms with Gasteiger partial charge in [-0.25, -0.2) is 4.98 Å². The van der Waals surface area contributed by atoms with Crippen molar-refractivity contribution in [3.8, 4) is 5.75 Å². The highest BCUT2D eigenvalue weighted by molar-refractivity contribution is 7.22. The second kappa shape index (κ2) is 9.64. The second-order valence-corrected chi connectivity index (χ2v) is 7.60. The summed E-state index contributed by atoms with van der Waals surface area (Å²) in [6.07, 6.45) is 0. The van der Waals surface area contributed by atoms with Gasteiger partial charge in [-0.3, -0.25) is 19.8 Å². The summed E-state index contributed by atoms with van der Waals surface area (Å²) in [5.74, 6) is 0.276. The maximum atomic E-state index is 13.4. The number of fused-ring (bicyclic) bond motifs is 1. The molecule has 1 amide bonds. The lowest BCUT2D eigenvalue weighted by atomic mass is 10.1. The molecule has 30 heavy (non-hydrogen) atoms. The predicted octanol–water partition coefficient (Wildman–Crippen LogP) is 4.20. The Morgan fingerprint density at radius 3 is 2.57 bits per heavy atom. The zero-order valence-electron chi connectivity index (χ0n) is 17.2. The Morgan fingerprint density at radius 2 is 1.90 bits per heavy atom. The highest BCUT2D eigenvalue weighted by atomic mass is 32.1. The van der Waals surface area contributed by atoms with Gasteiger partial charge >= 0.3 is 0 Å². The Morgan fingerprint density at radius 1 is 1.17 bits per heavy atom. The molecule has 0 aliphatic heterocycles. The van der Waals surface area contributed by atoms with E-state index in [-0.39, 0.29) is 11.3 Å².